The van der Waals surface area contributed by atoms with Gasteiger partial charge in [-0.3, -0.25) is 0 Å². The van der Waals surface area contributed by atoms with E-state index in [9.17, 15) is 18.0 Å². The minimum atomic E-state index is -4.53. The van der Waals surface area contributed by atoms with E-state index in [0.29, 0.717) is 33.0 Å². The summed E-state index contributed by atoms with van der Waals surface area (Å²) in [6, 6.07) is 19.7. The molecule has 0 radical (unpaired) electrons. The highest BCUT2D eigenvalue weighted by atomic mass is 35.5. The number of aromatic nitrogens is 1. The van der Waals surface area contributed by atoms with Crippen molar-refractivity contribution in [3.63, 3.8) is 0 Å². The smallest absolute Gasteiger partial charge is 0.416 e. The molecule has 0 saturated heterocycles. The van der Waals surface area contributed by atoms with Crippen molar-refractivity contribution in [3.8, 4) is 0 Å². The second kappa shape index (κ2) is 9.23. The predicted molar refractivity (Wildman–Crippen MR) is 129 cm³/mol. The molecule has 0 aliphatic rings. The van der Waals surface area contributed by atoms with Crippen LogP contribution in [0.15, 0.2) is 78.9 Å². The van der Waals surface area contributed by atoms with Gasteiger partial charge in [-0.2, -0.15) is 13.2 Å². The van der Waals surface area contributed by atoms with Gasteiger partial charge in [0, 0.05) is 22.6 Å². The van der Waals surface area contributed by atoms with E-state index in [0.717, 1.165) is 23.0 Å². The Bertz CT molecular complexity index is 1430. The van der Waals surface area contributed by atoms with Gasteiger partial charge in [0.1, 0.15) is 0 Å². The molecule has 4 rings (SSSR count). The third-order valence-corrected chi connectivity index (χ3v) is 5.91. The van der Waals surface area contributed by atoms with Gasteiger partial charge in [0.15, 0.2) is 0 Å². The maximum absolute atomic E-state index is 13.8. The number of benzene rings is 3. The number of aromatic amines is 1. The van der Waals surface area contributed by atoms with Crippen molar-refractivity contribution in [1.29, 1.82) is 0 Å². The maximum atomic E-state index is 13.8. The van der Waals surface area contributed by atoms with Crippen molar-refractivity contribution in [2.45, 2.75) is 13.1 Å². The summed E-state index contributed by atoms with van der Waals surface area (Å²) in [7, 11) is 0. The first-order valence-electron chi connectivity index (χ1n) is 10.3. The largest absolute Gasteiger partial charge is 0.478 e. The maximum Gasteiger partial charge on any atom is 0.416 e. The molecule has 0 aliphatic heterocycles. The quantitative estimate of drug-likeness (QED) is 0.225. The topological polar surface area (TPSA) is 53.1 Å². The summed E-state index contributed by atoms with van der Waals surface area (Å²) in [5.41, 5.74) is 2.77. The minimum absolute atomic E-state index is 0.0505. The van der Waals surface area contributed by atoms with Gasteiger partial charge in [-0.1, -0.05) is 72.3 Å². The van der Waals surface area contributed by atoms with Crippen LogP contribution in [0.2, 0.25) is 5.02 Å². The summed E-state index contributed by atoms with van der Waals surface area (Å²) in [6.07, 6.45) is -2.07. The van der Waals surface area contributed by atoms with E-state index in [2.05, 4.69) is 4.98 Å². The second-order valence-corrected chi connectivity index (χ2v) is 8.07. The van der Waals surface area contributed by atoms with E-state index in [4.69, 9.17) is 16.7 Å². The van der Waals surface area contributed by atoms with Crippen LogP contribution in [0.25, 0.3) is 28.1 Å². The van der Waals surface area contributed by atoms with Gasteiger partial charge in [-0.05, 0) is 47.4 Å². The van der Waals surface area contributed by atoms with Gasteiger partial charge in [-0.25, -0.2) is 4.79 Å². The van der Waals surface area contributed by atoms with E-state index in [1.165, 1.54) is 18.2 Å². The first kappa shape index (κ1) is 23.4. The number of fused-ring (bicyclic) bond motifs is 1. The number of allylic oxidation sites excluding steroid dienone is 1. The molecule has 7 heteroatoms. The lowest BCUT2D eigenvalue weighted by atomic mass is 9.90. The molecular weight excluding hydrogens is 463 g/mol. The molecular formula is C27H19ClF3NO2. The van der Waals surface area contributed by atoms with Crippen LogP contribution in [-0.4, -0.2) is 16.1 Å². The van der Waals surface area contributed by atoms with Gasteiger partial charge in [-0.15, -0.1) is 0 Å². The van der Waals surface area contributed by atoms with E-state index in [-0.39, 0.29) is 5.56 Å². The van der Waals surface area contributed by atoms with Gasteiger partial charge < -0.3 is 10.1 Å². The van der Waals surface area contributed by atoms with E-state index in [1.807, 2.05) is 24.3 Å². The highest BCUT2D eigenvalue weighted by Crippen LogP contribution is 2.42. The predicted octanol–water partition coefficient (Wildman–Crippen LogP) is 7.92. The average molecular weight is 482 g/mol. The van der Waals surface area contributed by atoms with Crippen molar-refractivity contribution >= 4 is 45.7 Å². The summed E-state index contributed by atoms with van der Waals surface area (Å²) >= 11 is 6.71. The Labute approximate surface area is 198 Å². The number of nitrogens with one attached hydrogen (secondary N) is 1. The van der Waals surface area contributed by atoms with Crippen LogP contribution in [-0.2, 0) is 11.0 Å². The van der Waals surface area contributed by atoms with Gasteiger partial charge in [0.2, 0.25) is 0 Å². The molecule has 3 nitrogen and oxygen atoms in total. The Morgan fingerprint density at radius 3 is 2.26 bits per heavy atom. The third kappa shape index (κ3) is 4.63. The normalized spacial score (nSPS) is 12.9. The fraction of sp³-hybridized carbons (Fsp3) is 0.0741. The molecule has 0 aliphatic carbocycles. The fourth-order valence-corrected chi connectivity index (χ4v) is 4.26. The number of halogens is 4. The van der Waals surface area contributed by atoms with Crippen LogP contribution < -0.4 is 0 Å². The molecule has 3 aromatic carbocycles. The molecule has 0 bridgehead atoms. The van der Waals surface area contributed by atoms with Gasteiger partial charge in [0.25, 0.3) is 0 Å². The molecule has 172 valence electrons. The Morgan fingerprint density at radius 1 is 0.971 bits per heavy atom. The number of aliphatic carboxylic acids is 1. The highest BCUT2D eigenvalue weighted by molar-refractivity contribution is 6.38. The first-order valence-corrected chi connectivity index (χ1v) is 10.7. The zero-order valence-corrected chi connectivity index (χ0v) is 18.7. The zero-order chi connectivity index (χ0) is 24.5. The summed E-state index contributed by atoms with van der Waals surface area (Å²) in [4.78, 5) is 14.1. The van der Waals surface area contributed by atoms with Crippen LogP contribution in [0.3, 0.4) is 0 Å². The van der Waals surface area contributed by atoms with Crippen LogP contribution >= 0.6 is 11.6 Å². The Balaban J connectivity index is 1.98. The molecule has 2 N–H and O–H groups in total. The van der Waals surface area contributed by atoms with E-state index in [1.54, 1.807) is 37.3 Å². The number of alkyl halides is 3. The molecule has 0 unspecified atom stereocenters. The number of hydrogen-bond acceptors (Lipinski definition) is 1. The Morgan fingerprint density at radius 2 is 1.62 bits per heavy atom. The van der Waals surface area contributed by atoms with E-state index >= 15 is 0 Å². The first-order chi connectivity index (χ1) is 16.2. The van der Waals surface area contributed by atoms with Crippen molar-refractivity contribution < 1.29 is 23.1 Å². The van der Waals surface area contributed by atoms with Gasteiger partial charge >= 0.3 is 12.1 Å². The SMILES string of the molecule is C/C(=C(/c1ccc(/C=C/C(=O)O)cc1)c1[nH]c2ccccc2c1Cl)c1ccccc1C(F)(F)F. The van der Waals surface area contributed by atoms with Gasteiger partial charge in [0.05, 0.1) is 16.3 Å². The average Bonchev–Trinajstić information content (AvgIpc) is 3.14. The lowest BCUT2D eigenvalue weighted by Crippen LogP contribution is -2.09. The molecule has 0 atom stereocenters. The van der Waals surface area contributed by atoms with Crippen molar-refractivity contribution in [1.82, 2.24) is 4.98 Å². The van der Waals surface area contributed by atoms with Crippen LogP contribution in [0.1, 0.15) is 34.9 Å². The Kier molecular flexibility index (Phi) is 6.35. The number of para-hydroxylation sites is 1. The summed E-state index contributed by atoms with van der Waals surface area (Å²) < 4.78 is 41.4. The molecule has 0 spiro atoms. The summed E-state index contributed by atoms with van der Waals surface area (Å²) in [5, 5.41) is 10.0. The number of carbonyl (C=O) groups is 1. The van der Waals surface area contributed by atoms with Crippen LogP contribution in [0.4, 0.5) is 13.2 Å². The molecule has 1 heterocycles. The lowest BCUT2D eigenvalue weighted by Gasteiger charge is -2.18. The standard InChI is InChI=1S/C27H19ClF3NO2/c1-16(19-6-2-4-8-21(19)27(29,30)31)24(18-13-10-17(11-14-18)12-15-23(33)34)26-25(28)20-7-3-5-9-22(20)32-26/h2-15,32H,1H3,(H,33,34)/b15-12+,24-16+. The molecule has 0 saturated carbocycles. The van der Waals surface area contributed by atoms with E-state index < -0.39 is 17.7 Å². The fourth-order valence-electron chi connectivity index (χ4n) is 3.95. The number of carboxylic acids is 1. The molecule has 34 heavy (non-hydrogen) atoms. The lowest BCUT2D eigenvalue weighted by molar-refractivity contribution is -0.137. The highest BCUT2D eigenvalue weighted by Gasteiger charge is 2.34. The number of H-pyrrole nitrogens is 1. The van der Waals surface area contributed by atoms with Crippen molar-refractivity contribution in [3.05, 3.63) is 112 Å². The molecule has 0 amide bonds. The number of carboxylic acid groups (broad SMARTS) is 1. The molecule has 1 aromatic heterocycles. The monoisotopic (exact) mass is 481 g/mol. The van der Waals surface area contributed by atoms with Crippen LogP contribution in [0, 0.1) is 0 Å². The Hall–Kier alpha value is -3.77. The second-order valence-electron chi connectivity index (χ2n) is 7.70. The number of rotatable bonds is 5. The molecule has 4 aromatic rings. The third-order valence-electron chi connectivity index (χ3n) is 5.52. The summed E-state index contributed by atoms with van der Waals surface area (Å²) in [5.74, 6) is -1.07. The minimum Gasteiger partial charge on any atom is -0.478 e. The summed E-state index contributed by atoms with van der Waals surface area (Å²) in [6.45, 7) is 1.64. The zero-order valence-electron chi connectivity index (χ0n) is 18.0. The molecule has 0 fully saturated rings. The number of hydrogen-bond donors (Lipinski definition) is 2. The van der Waals surface area contributed by atoms with Crippen molar-refractivity contribution in [2.24, 2.45) is 0 Å². The van der Waals surface area contributed by atoms with Crippen LogP contribution in [0.5, 0.6) is 0 Å². The van der Waals surface area contributed by atoms with Crippen molar-refractivity contribution in [2.75, 3.05) is 0 Å².